The topological polar surface area (TPSA) is 52.7 Å². The molecule has 4 rings (SSSR count). The number of benzene rings is 2. The van der Waals surface area contributed by atoms with E-state index in [1.54, 1.807) is 12.1 Å². The molecule has 2 aliphatic rings. The summed E-state index contributed by atoms with van der Waals surface area (Å²) in [5, 5.41) is 3.76. The molecular weight excluding hydrogens is 446 g/mol. The van der Waals surface area contributed by atoms with E-state index >= 15 is 0 Å². The van der Waals surface area contributed by atoms with Crippen molar-refractivity contribution in [2.24, 2.45) is 5.92 Å². The fraction of sp³-hybridized carbons (Fsp3) is 0.500. The lowest BCUT2D eigenvalue weighted by molar-refractivity contribution is -0.123. The third-order valence-corrected chi connectivity index (χ3v) is 7.49. The first-order valence-electron chi connectivity index (χ1n) is 12.7. The number of anilines is 1. The van der Waals surface area contributed by atoms with E-state index in [1.807, 2.05) is 29.2 Å². The van der Waals surface area contributed by atoms with Crippen LogP contribution in [0, 0.1) is 5.92 Å². The van der Waals surface area contributed by atoms with Crippen LogP contribution in [0.3, 0.4) is 0 Å². The first-order valence-corrected chi connectivity index (χ1v) is 13.1. The molecule has 1 saturated carbocycles. The van der Waals surface area contributed by atoms with Crippen molar-refractivity contribution in [3.05, 3.63) is 64.7 Å². The monoisotopic (exact) mass is 481 g/mol. The lowest BCUT2D eigenvalue weighted by Gasteiger charge is -2.40. The Morgan fingerprint density at radius 1 is 0.971 bits per heavy atom. The van der Waals surface area contributed by atoms with E-state index in [-0.39, 0.29) is 17.9 Å². The van der Waals surface area contributed by atoms with Gasteiger partial charge in [0.2, 0.25) is 5.91 Å². The lowest BCUT2D eigenvalue weighted by atomic mass is 9.94. The maximum atomic E-state index is 13.4. The molecule has 1 atom stereocenters. The van der Waals surface area contributed by atoms with Crippen LogP contribution in [-0.4, -0.2) is 53.8 Å². The summed E-state index contributed by atoms with van der Waals surface area (Å²) in [6.45, 7) is 4.92. The molecule has 0 spiro atoms. The zero-order valence-corrected chi connectivity index (χ0v) is 20.9. The molecule has 0 bridgehead atoms. The van der Waals surface area contributed by atoms with Crippen LogP contribution >= 0.6 is 11.6 Å². The van der Waals surface area contributed by atoms with E-state index in [9.17, 15) is 9.59 Å². The van der Waals surface area contributed by atoms with Crippen molar-refractivity contribution >= 4 is 29.1 Å². The first kappa shape index (κ1) is 24.7. The van der Waals surface area contributed by atoms with Crippen molar-refractivity contribution in [3.63, 3.8) is 0 Å². The molecular formula is C28H36ClN3O2. The van der Waals surface area contributed by atoms with Crippen LogP contribution in [0.5, 0.6) is 0 Å². The average Bonchev–Trinajstić information content (AvgIpc) is 3.39. The van der Waals surface area contributed by atoms with Crippen LogP contribution in [0.2, 0.25) is 5.02 Å². The van der Waals surface area contributed by atoms with E-state index in [2.05, 4.69) is 29.3 Å². The number of unbranched alkanes of at least 4 members (excludes halogenated alkanes) is 1. The highest BCUT2D eigenvalue weighted by Crippen LogP contribution is 2.32. The van der Waals surface area contributed by atoms with Gasteiger partial charge in [0.15, 0.2) is 0 Å². The highest BCUT2D eigenvalue weighted by atomic mass is 35.5. The molecule has 2 amide bonds. The molecule has 1 aliphatic carbocycles. The number of aryl methyl sites for hydroxylation is 1. The second kappa shape index (κ2) is 11.9. The third-order valence-electron chi connectivity index (χ3n) is 7.24. The Bertz CT molecular complexity index is 947. The van der Waals surface area contributed by atoms with Crippen molar-refractivity contribution in [1.29, 1.82) is 0 Å². The molecule has 0 aromatic heterocycles. The highest BCUT2D eigenvalue weighted by Gasteiger charge is 2.37. The predicted molar refractivity (Wildman–Crippen MR) is 138 cm³/mol. The zero-order chi connectivity index (χ0) is 23.9. The van der Waals surface area contributed by atoms with Gasteiger partial charge in [-0.2, -0.15) is 0 Å². The van der Waals surface area contributed by atoms with Gasteiger partial charge in [-0.05, 0) is 73.6 Å². The Kier molecular flexibility index (Phi) is 8.63. The number of nitrogens with zero attached hydrogens (tertiary/aromatic N) is 2. The summed E-state index contributed by atoms with van der Waals surface area (Å²) < 4.78 is 0. The molecule has 0 unspecified atom stereocenters. The number of nitrogens with one attached hydrogen (secondary N) is 1. The van der Waals surface area contributed by atoms with Crippen molar-refractivity contribution in [3.8, 4) is 0 Å². The summed E-state index contributed by atoms with van der Waals surface area (Å²) in [5.41, 5.74) is 2.81. The summed E-state index contributed by atoms with van der Waals surface area (Å²) in [6.07, 6.45) is 7.94. The van der Waals surface area contributed by atoms with Gasteiger partial charge in [0, 0.05) is 42.5 Å². The quantitative estimate of drug-likeness (QED) is 0.531. The van der Waals surface area contributed by atoms with Crippen LogP contribution in [0.4, 0.5) is 5.69 Å². The van der Waals surface area contributed by atoms with Crippen molar-refractivity contribution in [2.75, 3.05) is 31.5 Å². The molecule has 5 nitrogen and oxygen atoms in total. The van der Waals surface area contributed by atoms with E-state index in [4.69, 9.17) is 11.6 Å². The second-order valence-electron chi connectivity index (χ2n) is 9.61. The van der Waals surface area contributed by atoms with Gasteiger partial charge in [0.1, 0.15) is 0 Å². The number of halogens is 1. The molecule has 182 valence electrons. The van der Waals surface area contributed by atoms with Gasteiger partial charge < -0.3 is 10.2 Å². The molecule has 6 heteroatoms. The first-order chi connectivity index (χ1) is 16.5. The number of carbonyl (C=O) groups excluding carboxylic acids is 2. The maximum absolute atomic E-state index is 13.4. The van der Waals surface area contributed by atoms with E-state index in [0.29, 0.717) is 24.0 Å². The van der Waals surface area contributed by atoms with E-state index in [0.717, 1.165) is 43.6 Å². The van der Waals surface area contributed by atoms with Gasteiger partial charge in [0.25, 0.3) is 5.91 Å². The van der Waals surface area contributed by atoms with Gasteiger partial charge in [0.05, 0.1) is 6.04 Å². The van der Waals surface area contributed by atoms with Crippen LogP contribution in [0.25, 0.3) is 0 Å². The summed E-state index contributed by atoms with van der Waals surface area (Å²) in [4.78, 5) is 30.7. The molecule has 1 saturated heterocycles. The Hall–Kier alpha value is -2.37. The number of piperazine rings is 1. The van der Waals surface area contributed by atoms with Crippen molar-refractivity contribution < 1.29 is 9.59 Å². The minimum atomic E-state index is -0.159. The molecule has 34 heavy (non-hydrogen) atoms. The molecule has 0 radical (unpaired) electrons. The van der Waals surface area contributed by atoms with Crippen LogP contribution in [0.15, 0.2) is 48.5 Å². The van der Waals surface area contributed by atoms with Crippen LogP contribution in [0.1, 0.15) is 61.4 Å². The Morgan fingerprint density at radius 2 is 1.62 bits per heavy atom. The summed E-state index contributed by atoms with van der Waals surface area (Å²) >= 11 is 5.99. The Morgan fingerprint density at radius 3 is 2.24 bits per heavy atom. The van der Waals surface area contributed by atoms with E-state index < -0.39 is 0 Å². The summed E-state index contributed by atoms with van der Waals surface area (Å²) in [5.74, 6) is 0.506. The molecule has 2 aromatic carbocycles. The van der Waals surface area contributed by atoms with Crippen molar-refractivity contribution in [1.82, 2.24) is 9.80 Å². The highest BCUT2D eigenvalue weighted by molar-refractivity contribution is 6.30. The Labute approximate surface area is 208 Å². The number of hydrogen-bond donors (Lipinski definition) is 1. The predicted octanol–water partition coefficient (Wildman–Crippen LogP) is 5.64. The number of carbonyl (C=O) groups is 2. The van der Waals surface area contributed by atoms with Gasteiger partial charge in [-0.25, -0.2) is 0 Å². The third kappa shape index (κ3) is 6.19. The minimum Gasteiger partial charge on any atom is -0.336 e. The maximum Gasteiger partial charge on any atom is 0.253 e. The molecule has 2 aromatic rings. The largest absolute Gasteiger partial charge is 0.336 e. The standard InChI is InChI=1S/C28H36ClN3O2/c1-2-3-6-21-9-11-23(12-10-21)28(34)32-19-17-31(18-20-32)26(22-7-4-5-8-22)27(33)30-25-15-13-24(29)14-16-25/h9-16,22,26H,2-8,17-20H2,1H3,(H,30,33)/t26-/m1/s1. The van der Waals surface area contributed by atoms with Crippen LogP contribution < -0.4 is 5.32 Å². The average molecular weight is 482 g/mol. The normalized spacial score (nSPS) is 18.1. The Balaban J connectivity index is 1.38. The van der Waals surface area contributed by atoms with Gasteiger partial charge >= 0.3 is 0 Å². The lowest BCUT2D eigenvalue weighted by Crippen LogP contribution is -2.56. The zero-order valence-electron chi connectivity index (χ0n) is 20.1. The van der Waals surface area contributed by atoms with Crippen molar-refractivity contribution in [2.45, 2.75) is 57.9 Å². The molecule has 1 heterocycles. The molecule has 2 fully saturated rings. The SMILES string of the molecule is CCCCc1ccc(C(=O)N2CCN([C@@H](C(=O)Nc3ccc(Cl)cc3)C3CCCC3)CC2)cc1. The van der Waals surface area contributed by atoms with Gasteiger partial charge in [-0.15, -0.1) is 0 Å². The summed E-state index contributed by atoms with van der Waals surface area (Å²) in [7, 11) is 0. The summed E-state index contributed by atoms with van der Waals surface area (Å²) in [6, 6.07) is 15.2. The molecule has 1 aliphatic heterocycles. The number of hydrogen-bond acceptors (Lipinski definition) is 3. The van der Waals surface area contributed by atoms with Gasteiger partial charge in [-0.3, -0.25) is 14.5 Å². The number of rotatable bonds is 8. The second-order valence-corrected chi connectivity index (χ2v) is 10.1. The molecule has 1 N–H and O–H groups in total. The minimum absolute atomic E-state index is 0.0525. The van der Waals surface area contributed by atoms with Crippen LogP contribution in [-0.2, 0) is 11.2 Å². The van der Waals surface area contributed by atoms with E-state index in [1.165, 1.54) is 31.2 Å². The fourth-order valence-electron chi connectivity index (χ4n) is 5.28. The smallest absolute Gasteiger partial charge is 0.253 e. The fourth-order valence-corrected chi connectivity index (χ4v) is 5.41. The van der Waals surface area contributed by atoms with Gasteiger partial charge in [-0.1, -0.05) is 49.9 Å². The number of amides is 2.